The smallest absolute Gasteiger partial charge is 0.328 e. The number of hydrogen-bond acceptors (Lipinski definition) is 6. The fourth-order valence-electron chi connectivity index (χ4n) is 4.74. The number of carbonyl (C=O) groups is 4. The van der Waals surface area contributed by atoms with Crippen LogP contribution < -0.4 is 0 Å². The molecule has 4 rings (SSSR count). The van der Waals surface area contributed by atoms with Gasteiger partial charge in [-0.2, -0.15) is 0 Å². The topological polar surface area (TPSA) is 156 Å². The van der Waals surface area contributed by atoms with E-state index in [2.05, 4.69) is 83.5 Å². The van der Waals surface area contributed by atoms with E-state index in [0.29, 0.717) is 30.2 Å². The zero-order chi connectivity index (χ0) is 33.9. The van der Waals surface area contributed by atoms with Crippen molar-refractivity contribution in [2.24, 2.45) is 0 Å². The summed E-state index contributed by atoms with van der Waals surface area (Å²) in [5.74, 6) is -4.62. The molecule has 3 aromatic carbocycles. The number of halogens is 1. The Labute approximate surface area is 273 Å². The highest BCUT2D eigenvalue weighted by molar-refractivity contribution is 6.30. The Morgan fingerprint density at radius 1 is 0.674 bits per heavy atom. The summed E-state index contributed by atoms with van der Waals surface area (Å²) >= 11 is 6.13. The molecule has 1 aliphatic heterocycles. The lowest BCUT2D eigenvalue weighted by atomic mass is 9.88. The summed E-state index contributed by atoms with van der Waals surface area (Å²) in [7, 11) is 0. The van der Waals surface area contributed by atoms with Gasteiger partial charge in [0.15, 0.2) is 0 Å². The predicted molar refractivity (Wildman–Crippen MR) is 176 cm³/mol. The number of aliphatic carboxylic acids is 4. The van der Waals surface area contributed by atoms with E-state index in [9.17, 15) is 19.2 Å². The van der Waals surface area contributed by atoms with Gasteiger partial charge in [0.25, 0.3) is 0 Å². The molecule has 1 atom stereocenters. The Hall–Kier alpha value is -4.77. The highest BCUT2D eigenvalue weighted by atomic mass is 35.5. The van der Waals surface area contributed by atoms with Crippen molar-refractivity contribution in [3.63, 3.8) is 0 Å². The van der Waals surface area contributed by atoms with Gasteiger partial charge in [-0.05, 0) is 48.7 Å². The number of nitrogens with zero attached hydrogens (tertiary/aromatic N) is 2. The van der Waals surface area contributed by atoms with Crippen LogP contribution in [-0.2, 0) is 25.7 Å². The van der Waals surface area contributed by atoms with Gasteiger partial charge in [0.1, 0.15) is 0 Å². The van der Waals surface area contributed by atoms with Crippen molar-refractivity contribution < 1.29 is 39.6 Å². The van der Waals surface area contributed by atoms with E-state index in [4.69, 9.17) is 32.0 Å². The maximum Gasteiger partial charge on any atom is 0.328 e. The largest absolute Gasteiger partial charge is 0.478 e. The molecule has 0 aromatic heterocycles. The average molecular weight is 651 g/mol. The van der Waals surface area contributed by atoms with Gasteiger partial charge in [-0.25, -0.2) is 19.2 Å². The van der Waals surface area contributed by atoms with Crippen molar-refractivity contribution >= 4 is 35.5 Å². The Morgan fingerprint density at radius 3 is 1.63 bits per heavy atom. The zero-order valence-electron chi connectivity index (χ0n) is 25.5. The molecule has 0 spiro atoms. The molecule has 0 radical (unpaired) electrons. The van der Waals surface area contributed by atoms with Crippen LogP contribution in [0, 0.1) is 6.92 Å². The first-order chi connectivity index (χ1) is 21.9. The van der Waals surface area contributed by atoms with Crippen molar-refractivity contribution in [1.29, 1.82) is 0 Å². The first-order valence-corrected chi connectivity index (χ1v) is 14.9. The minimum atomic E-state index is -1.26. The van der Waals surface area contributed by atoms with Crippen LogP contribution in [-0.4, -0.2) is 86.8 Å². The van der Waals surface area contributed by atoms with Gasteiger partial charge in [-0.3, -0.25) is 4.90 Å². The summed E-state index contributed by atoms with van der Waals surface area (Å²) < 4.78 is 0. The number of aryl methyl sites for hydroxylation is 1. The minimum absolute atomic E-state index is 0.411. The van der Waals surface area contributed by atoms with Crippen molar-refractivity contribution in [2.75, 3.05) is 32.7 Å². The lowest BCUT2D eigenvalue weighted by Gasteiger charge is -2.35. The molecule has 0 aliphatic carbocycles. The molecule has 1 saturated heterocycles. The molecule has 46 heavy (non-hydrogen) atoms. The molecule has 10 nitrogen and oxygen atoms in total. The summed E-state index contributed by atoms with van der Waals surface area (Å²) in [5.41, 5.74) is 5.51. The fraction of sp³-hybridized carbons (Fsp3) is 0.257. The van der Waals surface area contributed by atoms with Crippen molar-refractivity contribution in [1.82, 2.24) is 9.80 Å². The van der Waals surface area contributed by atoms with Crippen LogP contribution in [0.1, 0.15) is 34.6 Å². The molecular formula is C35H39ClN2O8. The number of benzene rings is 3. The first kappa shape index (κ1) is 37.4. The SMILES string of the molecule is Cc1cccc(CN2CCN(CCC(c3ccccc3)c3ccc(Cl)cc3)CC2)c1.O=C(O)/C=C\C(=O)O.O=C(O)/C=C\C(=O)O. The highest BCUT2D eigenvalue weighted by Crippen LogP contribution is 2.29. The monoisotopic (exact) mass is 650 g/mol. The molecule has 0 saturated carbocycles. The Bertz CT molecular complexity index is 1400. The summed E-state index contributed by atoms with van der Waals surface area (Å²) in [6.07, 6.45) is 3.36. The van der Waals surface area contributed by atoms with E-state index in [1.54, 1.807) is 0 Å². The van der Waals surface area contributed by atoms with Crippen LogP contribution in [0.4, 0.5) is 0 Å². The van der Waals surface area contributed by atoms with E-state index < -0.39 is 23.9 Å². The highest BCUT2D eigenvalue weighted by Gasteiger charge is 2.20. The van der Waals surface area contributed by atoms with Crippen LogP contribution in [0.25, 0.3) is 0 Å². The third kappa shape index (κ3) is 15.8. The predicted octanol–water partition coefficient (Wildman–Crippen LogP) is 5.41. The van der Waals surface area contributed by atoms with Crippen LogP contribution in [0.5, 0.6) is 0 Å². The fourth-order valence-corrected chi connectivity index (χ4v) is 4.87. The molecule has 0 bridgehead atoms. The second-order valence-electron chi connectivity index (χ2n) is 10.4. The van der Waals surface area contributed by atoms with E-state index in [1.807, 2.05) is 12.1 Å². The van der Waals surface area contributed by atoms with Crippen LogP contribution in [0.15, 0.2) is 103 Å². The average Bonchev–Trinajstić information content (AvgIpc) is 3.02. The second kappa shape index (κ2) is 20.3. The van der Waals surface area contributed by atoms with Crippen LogP contribution >= 0.6 is 11.6 Å². The molecule has 1 heterocycles. The molecule has 0 amide bonds. The standard InChI is InChI=1S/C27H31ClN2.2C4H4O4/c1-22-6-5-7-23(20-22)21-30-18-16-29(17-19-30)15-14-27(24-8-3-2-4-9-24)25-10-12-26(28)13-11-25;2*5-3(6)1-2-4(7)8/h2-13,20,27H,14-19,21H2,1H3;2*1-2H,(H,5,6)(H,7,8)/b;2*2-1-. The third-order valence-corrected chi connectivity index (χ3v) is 7.15. The molecule has 1 aliphatic rings. The number of hydrogen-bond donors (Lipinski definition) is 4. The second-order valence-corrected chi connectivity index (χ2v) is 10.9. The van der Waals surface area contributed by atoms with E-state index in [0.717, 1.165) is 50.7 Å². The number of carboxylic acids is 4. The zero-order valence-corrected chi connectivity index (χ0v) is 26.3. The van der Waals surface area contributed by atoms with E-state index in [-0.39, 0.29) is 0 Å². The lowest BCUT2D eigenvalue weighted by Crippen LogP contribution is -2.46. The van der Waals surface area contributed by atoms with Gasteiger partial charge in [0.2, 0.25) is 0 Å². The van der Waals surface area contributed by atoms with Gasteiger partial charge < -0.3 is 25.3 Å². The maximum atomic E-state index is 9.55. The summed E-state index contributed by atoms with van der Waals surface area (Å²) in [5, 5.41) is 32.1. The quantitative estimate of drug-likeness (QED) is 0.198. The molecule has 3 aromatic rings. The van der Waals surface area contributed by atoms with Crippen molar-refractivity contribution in [3.8, 4) is 0 Å². The first-order valence-electron chi connectivity index (χ1n) is 14.5. The normalized spacial score (nSPS) is 14.0. The summed E-state index contributed by atoms with van der Waals surface area (Å²) in [4.78, 5) is 43.4. The molecule has 1 unspecified atom stereocenters. The molecule has 11 heteroatoms. The molecule has 4 N–H and O–H groups in total. The molecule has 244 valence electrons. The number of piperazine rings is 1. The Morgan fingerprint density at radius 2 is 1.15 bits per heavy atom. The Balaban J connectivity index is 0.000000381. The summed E-state index contributed by atoms with van der Waals surface area (Å²) in [6, 6.07) is 28.2. The van der Waals surface area contributed by atoms with Gasteiger partial charge in [0.05, 0.1) is 0 Å². The number of carboxylic acid groups (broad SMARTS) is 4. The summed E-state index contributed by atoms with van der Waals surface area (Å²) in [6.45, 7) is 8.94. The minimum Gasteiger partial charge on any atom is -0.478 e. The lowest BCUT2D eigenvalue weighted by molar-refractivity contribution is -0.134. The number of rotatable bonds is 11. The van der Waals surface area contributed by atoms with Gasteiger partial charge in [-0.15, -0.1) is 0 Å². The van der Waals surface area contributed by atoms with E-state index in [1.165, 1.54) is 22.3 Å². The van der Waals surface area contributed by atoms with Gasteiger partial charge >= 0.3 is 23.9 Å². The van der Waals surface area contributed by atoms with Crippen LogP contribution in [0.3, 0.4) is 0 Å². The van der Waals surface area contributed by atoms with Crippen LogP contribution in [0.2, 0.25) is 5.02 Å². The molecular weight excluding hydrogens is 612 g/mol. The van der Waals surface area contributed by atoms with Crippen molar-refractivity contribution in [2.45, 2.75) is 25.8 Å². The van der Waals surface area contributed by atoms with E-state index >= 15 is 0 Å². The Kier molecular flexibility index (Phi) is 16.5. The third-order valence-electron chi connectivity index (χ3n) is 6.90. The molecule has 1 fully saturated rings. The van der Waals surface area contributed by atoms with Gasteiger partial charge in [-0.1, -0.05) is 83.9 Å². The van der Waals surface area contributed by atoms with Crippen molar-refractivity contribution in [3.05, 3.63) is 130 Å². The van der Waals surface area contributed by atoms with Gasteiger partial charge in [0, 0.05) is 68.0 Å². The maximum absolute atomic E-state index is 9.55.